The van der Waals surface area contributed by atoms with Gasteiger partial charge in [0.1, 0.15) is 6.61 Å². The number of rotatable bonds is 5. The maximum Gasteiger partial charge on any atom is 0.407 e. The van der Waals surface area contributed by atoms with Crippen molar-refractivity contribution in [1.82, 2.24) is 15.2 Å². The first-order valence-electron chi connectivity index (χ1n) is 10.9. The summed E-state index contributed by atoms with van der Waals surface area (Å²) in [6, 6.07) is 17.0. The molecule has 1 saturated heterocycles. The summed E-state index contributed by atoms with van der Waals surface area (Å²) < 4.78 is 5.33. The summed E-state index contributed by atoms with van der Waals surface area (Å²) in [5, 5.41) is 4.37. The molecule has 1 unspecified atom stereocenters. The van der Waals surface area contributed by atoms with Crippen LogP contribution in [0.2, 0.25) is 0 Å². The first kappa shape index (κ1) is 19.2. The van der Waals surface area contributed by atoms with Crippen LogP contribution in [0.15, 0.2) is 54.7 Å². The van der Waals surface area contributed by atoms with Crippen molar-refractivity contribution >= 4 is 17.0 Å². The average Bonchev–Trinajstić information content (AvgIpc) is 3.18. The fraction of sp³-hybridized carbons (Fsp3) is 0.400. The summed E-state index contributed by atoms with van der Waals surface area (Å²) in [5.41, 5.74) is 5.21. The topological polar surface area (TPSA) is 57.4 Å². The Morgan fingerprint density at radius 1 is 1.20 bits per heavy atom. The number of carbonyl (C=O) groups is 1. The van der Waals surface area contributed by atoms with Gasteiger partial charge in [0.05, 0.1) is 0 Å². The van der Waals surface area contributed by atoms with Crippen molar-refractivity contribution in [3.05, 3.63) is 71.4 Å². The molecule has 5 nitrogen and oxygen atoms in total. The van der Waals surface area contributed by atoms with Crippen LogP contribution in [0.1, 0.15) is 35.4 Å². The quantitative estimate of drug-likeness (QED) is 0.662. The lowest BCUT2D eigenvalue weighted by Gasteiger charge is -2.45. The van der Waals surface area contributed by atoms with Gasteiger partial charge >= 0.3 is 6.09 Å². The van der Waals surface area contributed by atoms with Crippen molar-refractivity contribution in [2.45, 2.75) is 37.8 Å². The Bertz CT molecular complexity index is 1030. The molecule has 2 heterocycles. The molecule has 2 aromatic carbocycles. The summed E-state index contributed by atoms with van der Waals surface area (Å²) in [6.45, 7) is 2.05. The number of H-pyrrole nitrogens is 1. The van der Waals surface area contributed by atoms with Crippen molar-refractivity contribution in [1.29, 1.82) is 0 Å². The smallest absolute Gasteiger partial charge is 0.407 e. The number of fused-ring (bicyclic) bond motifs is 2. The van der Waals surface area contributed by atoms with Crippen molar-refractivity contribution in [2.24, 2.45) is 5.92 Å². The molecule has 0 spiro atoms. The van der Waals surface area contributed by atoms with Crippen molar-refractivity contribution < 1.29 is 9.53 Å². The SMILES string of the molecule is CN1CC(CCNC(=O)OCc2ccccc2)C[C@@H]2c3cccc4[nH]cc(c34)C[C@H]21. The molecule has 5 rings (SSSR count). The van der Waals surface area contributed by atoms with E-state index in [0.717, 1.165) is 24.9 Å². The normalized spacial score (nSPS) is 23.2. The van der Waals surface area contributed by atoms with Crippen LogP contribution < -0.4 is 5.32 Å². The van der Waals surface area contributed by atoms with Crippen LogP contribution in [-0.4, -0.2) is 42.2 Å². The Labute approximate surface area is 177 Å². The number of hydrogen-bond acceptors (Lipinski definition) is 3. The Kier molecular flexibility index (Phi) is 5.21. The minimum Gasteiger partial charge on any atom is -0.445 e. The number of benzene rings is 2. The molecular formula is C25H29N3O2. The summed E-state index contributed by atoms with van der Waals surface area (Å²) >= 11 is 0. The number of ether oxygens (including phenoxy) is 1. The van der Waals surface area contributed by atoms with E-state index in [2.05, 4.69) is 46.6 Å². The molecular weight excluding hydrogens is 374 g/mol. The van der Waals surface area contributed by atoms with E-state index in [4.69, 9.17) is 4.74 Å². The monoisotopic (exact) mass is 403 g/mol. The minimum atomic E-state index is -0.333. The van der Waals surface area contributed by atoms with Gasteiger partial charge in [-0.1, -0.05) is 42.5 Å². The van der Waals surface area contributed by atoms with Gasteiger partial charge in [-0.05, 0) is 55.0 Å². The van der Waals surface area contributed by atoms with Crippen molar-refractivity contribution in [3.63, 3.8) is 0 Å². The summed E-state index contributed by atoms with van der Waals surface area (Å²) in [5.74, 6) is 1.13. The van der Waals surface area contributed by atoms with Gasteiger partial charge in [-0.2, -0.15) is 0 Å². The third-order valence-corrected chi connectivity index (χ3v) is 6.85. The number of piperidine rings is 1. The molecule has 1 aromatic heterocycles. The Balaban J connectivity index is 1.17. The zero-order valence-electron chi connectivity index (χ0n) is 17.4. The average molecular weight is 404 g/mol. The van der Waals surface area contributed by atoms with E-state index >= 15 is 0 Å². The number of nitrogens with one attached hydrogen (secondary N) is 2. The van der Waals surface area contributed by atoms with E-state index in [1.165, 1.54) is 28.5 Å². The molecule has 3 aromatic rings. The fourth-order valence-corrected chi connectivity index (χ4v) is 5.42. The van der Waals surface area contributed by atoms with E-state index in [9.17, 15) is 4.79 Å². The maximum absolute atomic E-state index is 12.0. The molecule has 0 saturated carbocycles. The highest BCUT2D eigenvalue weighted by atomic mass is 16.5. The zero-order valence-corrected chi connectivity index (χ0v) is 17.4. The number of hydrogen-bond donors (Lipinski definition) is 2. The number of nitrogens with zero attached hydrogens (tertiary/aromatic N) is 1. The van der Waals surface area contributed by atoms with Gasteiger partial charge < -0.3 is 19.9 Å². The molecule has 30 heavy (non-hydrogen) atoms. The second kappa shape index (κ2) is 8.15. The highest BCUT2D eigenvalue weighted by Crippen LogP contribution is 2.44. The van der Waals surface area contributed by atoms with E-state index in [1.807, 2.05) is 30.3 Å². The summed E-state index contributed by atoms with van der Waals surface area (Å²) in [4.78, 5) is 18.0. The van der Waals surface area contributed by atoms with Gasteiger partial charge in [-0.25, -0.2) is 4.79 Å². The lowest BCUT2D eigenvalue weighted by atomic mass is 9.72. The van der Waals surface area contributed by atoms with Crippen LogP contribution in [0, 0.1) is 5.92 Å². The van der Waals surface area contributed by atoms with E-state index < -0.39 is 0 Å². The molecule has 0 bridgehead atoms. The Hall–Kier alpha value is -2.79. The van der Waals surface area contributed by atoms with Crippen LogP contribution in [0.5, 0.6) is 0 Å². The predicted octanol–water partition coefficient (Wildman–Crippen LogP) is 4.44. The maximum atomic E-state index is 12.0. The Morgan fingerprint density at radius 3 is 2.93 bits per heavy atom. The molecule has 1 amide bonds. The van der Waals surface area contributed by atoms with Crippen molar-refractivity contribution in [2.75, 3.05) is 20.1 Å². The lowest BCUT2D eigenvalue weighted by Crippen LogP contribution is -2.48. The van der Waals surface area contributed by atoms with E-state index in [0.29, 0.717) is 31.0 Å². The summed E-state index contributed by atoms with van der Waals surface area (Å²) in [6.07, 6.45) is 5.13. The number of aromatic nitrogens is 1. The first-order valence-corrected chi connectivity index (χ1v) is 10.9. The van der Waals surface area contributed by atoms with Crippen LogP contribution in [0.4, 0.5) is 4.79 Å². The molecule has 156 valence electrons. The molecule has 3 atom stereocenters. The standard InChI is InChI=1S/C25H29N3O2/c1-28-15-18(10-11-26-25(29)30-16-17-6-3-2-4-7-17)12-21-20-8-5-9-22-24(20)19(14-27-22)13-23(21)28/h2-9,14,18,21,23,27H,10-13,15-16H2,1H3,(H,26,29)/t18?,21-,23-/m1/s1. The number of likely N-dealkylation sites (tertiary alicyclic amines) is 1. The lowest BCUT2D eigenvalue weighted by molar-refractivity contribution is 0.106. The number of amides is 1. The molecule has 2 aliphatic rings. The Morgan fingerprint density at radius 2 is 2.07 bits per heavy atom. The molecule has 5 heteroatoms. The van der Waals surface area contributed by atoms with Crippen molar-refractivity contribution in [3.8, 4) is 0 Å². The van der Waals surface area contributed by atoms with Gasteiger partial charge in [0.15, 0.2) is 0 Å². The van der Waals surface area contributed by atoms with Gasteiger partial charge in [-0.3, -0.25) is 0 Å². The number of carbonyl (C=O) groups excluding carboxylic acids is 1. The van der Waals surface area contributed by atoms with E-state index in [1.54, 1.807) is 0 Å². The number of alkyl carbamates (subject to hydrolysis) is 1. The third kappa shape index (κ3) is 3.70. The zero-order chi connectivity index (χ0) is 20.5. The fourth-order valence-electron chi connectivity index (χ4n) is 5.42. The van der Waals surface area contributed by atoms with Crippen LogP contribution in [-0.2, 0) is 17.8 Å². The van der Waals surface area contributed by atoms with Crippen LogP contribution in [0.3, 0.4) is 0 Å². The molecule has 1 fully saturated rings. The first-order chi connectivity index (χ1) is 14.7. The number of aromatic amines is 1. The molecule has 0 radical (unpaired) electrons. The van der Waals surface area contributed by atoms with Gasteiger partial charge in [0.2, 0.25) is 0 Å². The van der Waals surface area contributed by atoms with Gasteiger partial charge in [0.25, 0.3) is 0 Å². The van der Waals surface area contributed by atoms with E-state index in [-0.39, 0.29) is 6.09 Å². The predicted molar refractivity (Wildman–Crippen MR) is 119 cm³/mol. The highest BCUT2D eigenvalue weighted by molar-refractivity contribution is 5.88. The minimum absolute atomic E-state index is 0.311. The molecule has 1 aliphatic carbocycles. The molecule has 1 aliphatic heterocycles. The third-order valence-electron chi connectivity index (χ3n) is 6.85. The number of likely N-dealkylation sites (N-methyl/N-ethyl adjacent to an activating group) is 1. The largest absolute Gasteiger partial charge is 0.445 e. The van der Waals surface area contributed by atoms with Crippen LogP contribution in [0.25, 0.3) is 10.9 Å². The highest BCUT2D eigenvalue weighted by Gasteiger charge is 2.39. The molecule has 2 N–H and O–H groups in total. The van der Waals surface area contributed by atoms with Crippen LogP contribution >= 0.6 is 0 Å². The second-order valence-corrected chi connectivity index (χ2v) is 8.78. The summed E-state index contributed by atoms with van der Waals surface area (Å²) in [7, 11) is 2.25. The van der Waals surface area contributed by atoms with Gasteiger partial charge in [-0.15, -0.1) is 0 Å². The van der Waals surface area contributed by atoms with Gasteiger partial charge in [0, 0.05) is 42.1 Å². The second-order valence-electron chi connectivity index (χ2n) is 8.78.